The average Bonchev–Trinajstić information content (AvgIpc) is 2.97. The van der Waals surface area contributed by atoms with E-state index in [-0.39, 0.29) is 0 Å². The van der Waals surface area contributed by atoms with Crippen molar-refractivity contribution in [3.05, 3.63) is 42.7 Å². The molecule has 1 aliphatic rings. The van der Waals surface area contributed by atoms with Crippen molar-refractivity contribution < 1.29 is 0 Å². The average molecular weight is 333 g/mol. The van der Waals surface area contributed by atoms with Gasteiger partial charge < -0.3 is 0 Å². The number of rotatable bonds is 4. The summed E-state index contributed by atoms with van der Waals surface area (Å²) in [4.78, 5) is 0. The van der Waals surface area contributed by atoms with E-state index < -0.39 is 0 Å². The second kappa shape index (κ2) is 6.13. The van der Waals surface area contributed by atoms with Gasteiger partial charge in [-0.3, -0.25) is 4.68 Å². The lowest BCUT2D eigenvalue weighted by Crippen LogP contribution is -2.31. The van der Waals surface area contributed by atoms with Gasteiger partial charge in [0.15, 0.2) is 0 Å². The molecule has 1 aromatic heterocycles. The van der Waals surface area contributed by atoms with E-state index >= 15 is 0 Å². The van der Waals surface area contributed by atoms with Gasteiger partial charge in [0.05, 0.1) is 6.20 Å². The van der Waals surface area contributed by atoms with Gasteiger partial charge in [-0.25, -0.2) is 0 Å². The van der Waals surface area contributed by atoms with E-state index in [9.17, 15) is 0 Å². The zero-order chi connectivity index (χ0) is 13.8. The molecule has 0 bridgehead atoms. The molecule has 0 aliphatic heterocycles. The van der Waals surface area contributed by atoms with Crippen molar-refractivity contribution in [3.8, 4) is 11.1 Å². The van der Waals surface area contributed by atoms with Gasteiger partial charge in [0.1, 0.15) is 0 Å². The minimum atomic E-state index is 0.401. The number of halogens is 1. The molecule has 0 spiro atoms. The van der Waals surface area contributed by atoms with Crippen molar-refractivity contribution in [2.24, 2.45) is 5.41 Å². The third-order valence-electron chi connectivity index (χ3n) is 4.44. The molecular formula is C17H21BrN2. The van der Waals surface area contributed by atoms with Crippen LogP contribution < -0.4 is 0 Å². The molecule has 2 aromatic rings. The normalized spacial score (nSPS) is 18.1. The second-order valence-corrected chi connectivity index (χ2v) is 6.55. The Kier molecular flexibility index (Phi) is 4.25. The zero-order valence-electron chi connectivity index (χ0n) is 11.8. The van der Waals surface area contributed by atoms with Crippen molar-refractivity contribution in [1.82, 2.24) is 9.78 Å². The second-order valence-electron chi connectivity index (χ2n) is 5.99. The van der Waals surface area contributed by atoms with Crippen LogP contribution in [0.1, 0.15) is 32.1 Å². The first kappa shape index (κ1) is 13.9. The van der Waals surface area contributed by atoms with Crippen molar-refractivity contribution >= 4 is 15.9 Å². The predicted octanol–water partition coefficient (Wildman–Crippen LogP) is 4.90. The van der Waals surface area contributed by atoms with Crippen LogP contribution in [0, 0.1) is 5.41 Å². The molecule has 0 saturated heterocycles. The molecule has 0 amide bonds. The largest absolute Gasteiger partial charge is 0.272 e. The highest BCUT2D eigenvalue weighted by molar-refractivity contribution is 9.09. The molecule has 0 radical (unpaired) electrons. The molecule has 1 aromatic carbocycles. The van der Waals surface area contributed by atoms with E-state index in [1.807, 2.05) is 6.20 Å². The first-order chi connectivity index (χ1) is 9.81. The molecule has 2 nitrogen and oxygen atoms in total. The van der Waals surface area contributed by atoms with Crippen LogP contribution in [0.15, 0.2) is 42.7 Å². The molecule has 0 N–H and O–H groups in total. The van der Waals surface area contributed by atoms with E-state index in [1.165, 1.54) is 43.2 Å². The van der Waals surface area contributed by atoms with Crippen LogP contribution >= 0.6 is 15.9 Å². The van der Waals surface area contributed by atoms with Gasteiger partial charge >= 0.3 is 0 Å². The van der Waals surface area contributed by atoms with Gasteiger partial charge in [0.25, 0.3) is 0 Å². The van der Waals surface area contributed by atoms with Gasteiger partial charge in [-0.2, -0.15) is 5.10 Å². The zero-order valence-corrected chi connectivity index (χ0v) is 13.3. The van der Waals surface area contributed by atoms with E-state index in [0.29, 0.717) is 5.41 Å². The number of benzene rings is 1. The molecule has 3 heteroatoms. The van der Waals surface area contributed by atoms with Crippen molar-refractivity contribution in [1.29, 1.82) is 0 Å². The van der Waals surface area contributed by atoms with Crippen LogP contribution in [0.3, 0.4) is 0 Å². The first-order valence-corrected chi connectivity index (χ1v) is 8.57. The lowest BCUT2D eigenvalue weighted by Gasteiger charge is -2.35. The minimum absolute atomic E-state index is 0.401. The summed E-state index contributed by atoms with van der Waals surface area (Å²) in [5.74, 6) is 0. The van der Waals surface area contributed by atoms with Gasteiger partial charge in [0, 0.05) is 23.6 Å². The maximum Gasteiger partial charge on any atom is 0.0568 e. The first-order valence-electron chi connectivity index (χ1n) is 7.45. The number of hydrogen-bond donors (Lipinski definition) is 0. The maximum absolute atomic E-state index is 4.58. The van der Waals surface area contributed by atoms with E-state index in [1.54, 1.807) is 0 Å². The van der Waals surface area contributed by atoms with Gasteiger partial charge in [0.2, 0.25) is 0 Å². The molecule has 1 aliphatic carbocycles. The van der Waals surface area contributed by atoms with Crippen LogP contribution in [0.5, 0.6) is 0 Å². The summed E-state index contributed by atoms with van der Waals surface area (Å²) in [5, 5.41) is 5.66. The highest BCUT2D eigenvalue weighted by atomic mass is 79.9. The summed E-state index contributed by atoms with van der Waals surface area (Å²) in [6, 6.07) is 10.5. The third kappa shape index (κ3) is 2.98. The summed E-state index contributed by atoms with van der Waals surface area (Å²) in [6.07, 6.45) is 10.9. The summed E-state index contributed by atoms with van der Waals surface area (Å²) in [6.45, 7) is 1.03. The Morgan fingerprint density at radius 2 is 1.80 bits per heavy atom. The molecule has 0 atom stereocenters. The monoisotopic (exact) mass is 332 g/mol. The predicted molar refractivity (Wildman–Crippen MR) is 87.0 cm³/mol. The molecule has 3 rings (SSSR count). The van der Waals surface area contributed by atoms with Crippen LogP contribution in [-0.2, 0) is 6.54 Å². The number of alkyl halides is 1. The number of hydrogen-bond acceptors (Lipinski definition) is 1. The summed E-state index contributed by atoms with van der Waals surface area (Å²) in [5.41, 5.74) is 2.86. The summed E-state index contributed by atoms with van der Waals surface area (Å²) >= 11 is 3.74. The fraction of sp³-hybridized carbons (Fsp3) is 0.471. The Labute approximate surface area is 129 Å². The van der Waals surface area contributed by atoms with E-state index in [4.69, 9.17) is 0 Å². The van der Waals surface area contributed by atoms with Crippen molar-refractivity contribution in [2.75, 3.05) is 5.33 Å². The van der Waals surface area contributed by atoms with Crippen LogP contribution in [0.4, 0.5) is 0 Å². The molecule has 1 saturated carbocycles. The van der Waals surface area contributed by atoms with Crippen molar-refractivity contribution in [3.63, 3.8) is 0 Å². The Balaban J connectivity index is 1.77. The molecule has 1 fully saturated rings. The number of aromatic nitrogens is 2. The Morgan fingerprint density at radius 3 is 2.50 bits per heavy atom. The maximum atomic E-state index is 4.58. The quantitative estimate of drug-likeness (QED) is 0.728. The van der Waals surface area contributed by atoms with Gasteiger partial charge in [-0.05, 0) is 23.8 Å². The molecule has 20 heavy (non-hydrogen) atoms. The highest BCUT2D eigenvalue weighted by Gasteiger charge is 2.31. The lowest BCUT2D eigenvalue weighted by atomic mass is 9.76. The molecule has 106 valence electrons. The Bertz CT molecular complexity index is 541. The standard InChI is InChI=1S/C17H21BrN2/c18-13-17(9-5-2-6-10-17)14-20-12-16(11-19-20)15-7-3-1-4-8-15/h1,3-4,7-8,11-12H,2,5-6,9-10,13-14H2. The SMILES string of the molecule is BrCC1(Cn2cc(-c3ccccc3)cn2)CCCCC1. The Hall–Kier alpha value is -1.09. The smallest absolute Gasteiger partial charge is 0.0568 e. The summed E-state index contributed by atoms with van der Waals surface area (Å²) < 4.78 is 2.13. The van der Waals surface area contributed by atoms with Gasteiger partial charge in [-0.1, -0.05) is 65.5 Å². The lowest BCUT2D eigenvalue weighted by molar-refractivity contribution is 0.183. The fourth-order valence-electron chi connectivity index (χ4n) is 3.21. The van der Waals surface area contributed by atoms with Crippen LogP contribution in [-0.4, -0.2) is 15.1 Å². The van der Waals surface area contributed by atoms with Gasteiger partial charge in [-0.15, -0.1) is 0 Å². The highest BCUT2D eigenvalue weighted by Crippen LogP contribution is 2.39. The molecule has 0 unspecified atom stereocenters. The third-order valence-corrected chi connectivity index (χ3v) is 5.62. The van der Waals surface area contributed by atoms with E-state index in [0.717, 1.165) is 11.9 Å². The van der Waals surface area contributed by atoms with Crippen molar-refractivity contribution in [2.45, 2.75) is 38.6 Å². The van der Waals surface area contributed by atoms with E-state index in [2.05, 4.69) is 62.2 Å². The molecule has 1 heterocycles. The fourth-order valence-corrected chi connectivity index (χ4v) is 3.95. The molecular weight excluding hydrogens is 312 g/mol. The topological polar surface area (TPSA) is 17.8 Å². The van der Waals surface area contributed by atoms with Crippen LogP contribution in [0.2, 0.25) is 0 Å². The number of nitrogens with zero attached hydrogens (tertiary/aromatic N) is 2. The Morgan fingerprint density at radius 1 is 1.05 bits per heavy atom. The summed E-state index contributed by atoms with van der Waals surface area (Å²) in [7, 11) is 0. The van der Waals surface area contributed by atoms with Crippen LogP contribution in [0.25, 0.3) is 11.1 Å². The minimum Gasteiger partial charge on any atom is -0.272 e.